The van der Waals surface area contributed by atoms with Crippen LogP contribution < -0.4 is 0 Å². The van der Waals surface area contributed by atoms with Gasteiger partial charge in [0.1, 0.15) is 0 Å². The Labute approximate surface area is 81.7 Å². The highest BCUT2D eigenvalue weighted by Gasteiger charge is 2.48. The predicted octanol–water partition coefficient (Wildman–Crippen LogP) is 2.31. The zero-order valence-corrected chi connectivity index (χ0v) is 9.13. The second kappa shape index (κ2) is 2.96. The molecular weight excluding hydrogens is 220 g/mol. The third-order valence-corrected chi connectivity index (χ3v) is 3.54. The summed E-state index contributed by atoms with van der Waals surface area (Å²) in [4.78, 5) is 0. The zero-order chi connectivity index (χ0) is 8.77. The van der Waals surface area contributed by atoms with Gasteiger partial charge >= 0.3 is 0 Å². The van der Waals surface area contributed by atoms with Crippen molar-refractivity contribution in [2.24, 2.45) is 5.92 Å². The summed E-state index contributed by atoms with van der Waals surface area (Å²) in [5.74, 6) is 0.299. The minimum atomic E-state index is -0.351. The van der Waals surface area contributed by atoms with E-state index in [2.05, 4.69) is 15.9 Å². The first-order valence-electron chi connectivity index (χ1n) is 4.54. The van der Waals surface area contributed by atoms with Crippen LogP contribution in [0.4, 0.5) is 0 Å². The monoisotopic (exact) mass is 234 g/mol. The number of rotatable bonds is 1. The summed E-state index contributed by atoms with van der Waals surface area (Å²) in [6.07, 6.45) is 3.07. The molecule has 2 nitrogen and oxygen atoms in total. The largest absolute Gasteiger partial charge is 0.345 e. The minimum Gasteiger partial charge on any atom is -0.345 e. The predicted molar refractivity (Wildman–Crippen MR) is 50.3 cm³/mol. The van der Waals surface area contributed by atoms with Crippen molar-refractivity contribution in [3.8, 4) is 0 Å². The van der Waals surface area contributed by atoms with E-state index in [0.29, 0.717) is 18.1 Å². The first kappa shape index (κ1) is 8.97. The molecule has 1 saturated carbocycles. The molecule has 70 valence electrons. The molecule has 0 amide bonds. The van der Waals surface area contributed by atoms with Crippen LogP contribution in [0.5, 0.6) is 0 Å². The Morgan fingerprint density at radius 1 is 1.33 bits per heavy atom. The van der Waals surface area contributed by atoms with Gasteiger partial charge in [0, 0.05) is 5.33 Å². The summed E-state index contributed by atoms with van der Waals surface area (Å²) >= 11 is 3.51. The summed E-state index contributed by atoms with van der Waals surface area (Å²) < 4.78 is 11.6. The van der Waals surface area contributed by atoms with E-state index in [1.54, 1.807) is 0 Å². The Morgan fingerprint density at radius 2 is 2.08 bits per heavy atom. The number of hydrogen-bond acceptors (Lipinski definition) is 2. The van der Waals surface area contributed by atoms with Crippen molar-refractivity contribution in [2.75, 3.05) is 5.33 Å². The molecule has 2 aliphatic rings. The molecule has 2 fully saturated rings. The molecule has 0 N–H and O–H groups in total. The lowest BCUT2D eigenvalue weighted by Crippen LogP contribution is -2.25. The summed E-state index contributed by atoms with van der Waals surface area (Å²) in [5, 5.41) is 1.04. The topological polar surface area (TPSA) is 18.5 Å². The van der Waals surface area contributed by atoms with Gasteiger partial charge in [-0.05, 0) is 32.6 Å². The molecule has 1 aliphatic heterocycles. The van der Waals surface area contributed by atoms with E-state index in [4.69, 9.17) is 9.47 Å². The van der Waals surface area contributed by atoms with Gasteiger partial charge in [-0.1, -0.05) is 15.9 Å². The molecule has 3 heteroatoms. The third kappa shape index (κ3) is 1.42. The van der Waals surface area contributed by atoms with Crippen molar-refractivity contribution in [2.45, 2.75) is 44.7 Å². The van der Waals surface area contributed by atoms with E-state index in [1.807, 2.05) is 13.8 Å². The van der Waals surface area contributed by atoms with Gasteiger partial charge in [0.05, 0.1) is 12.2 Å². The second-order valence-electron chi connectivity index (χ2n) is 4.13. The Balaban J connectivity index is 2.06. The molecule has 0 spiro atoms. The van der Waals surface area contributed by atoms with E-state index in [0.717, 1.165) is 11.8 Å². The molecule has 0 radical (unpaired) electrons. The average molecular weight is 235 g/mol. The van der Waals surface area contributed by atoms with Gasteiger partial charge in [0.2, 0.25) is 0 Å². The fourth-order valence-corrected chi connectivity index (χ4v) is 2.89. The number of halogens is 1. The lowest BCUT2D eigenvalue weighted by molar-refractivity contribution is -0.155. The van der Waals surface area contributed by atoms with Crippen LogP contribution in [0.2, 0.25) is 0 Å². The van der Waals surface area contributed by atoms with Crippen LogP contribution in [0.15, 0.2) is 0 Å². The van der Waals surface area contributed by atoms with Crippen LogP contribution in [-0.4, -0.2) is 23.3 Å². The molecule has 1 aliphatic carbocycles. The molecule has 0 unspecified atom stereocenters. The van der Waals surface area contributed by atoms with Crippen molar-refractivity contribution < 1.29 is 9.47 Å². The van der Waals surface area contributed by atoms with Crippen LogP contribution in [-0.2, 0) is 9.47 Å². The summed E-state index contributed by atoms with van der Waals surface area (Å²) in [5.41, 5.74) is 0. The van der Waals surface area contributed by atoms with Gasteiger partial charge in [-0.15, -0.1) is 0 Å². The van der Waals surface area contributed by atoms with Gasteiger partial charge in [0.25, 0.3) is 0 Å². The molecule has 2 rings (SSSR count). The molecular formula is C9H15BrO2. The molecule has 1 heterocycles. The molecule has 3 atom stereocenters. The molecule has 0 aromatic carbocycles. The maximum atomic E-state index is 5.82. The van der Waals surface area contributed by atoms with Gasteiger partial charge in [-0.25, -0.2) is 0 Å². The number of hydrogen-bond donors (Lipinski definition) is 0. The Hall–Kier alpha value is 0.400. The van der Waals surface area contributed by atoms with Crippen molar-refractivity contribution in [1.82, 2.24) is 0 Å². The summed E-state index contributed by atoms with van der Waals surface area (Å²) in [7, 11) is 0. The molecule has 0 bridgehead atoms. The van der Waals surface area contributed by atoms with E-state index in [1.165, 1.54) is 6.42 Å². The standard InChI is InChI=1S/C9H15BrO2/c1-9(2)11-7-4-3-6(5-10)8(7)12-9/h6-8H,3-5H2,1-2H3/t6-,7-,8+/m0/s1. The SMILES string of the molecule is CC1(C)O[C@@H]2[C@H](CBr)CC[C@@H]2O1. The van der Waals surface area contributed by atoms with Crippen LogP contribution in [0.1, 0.15) is 26.7 Å². The normalized spacial score (nSPS) is 44.8. The molecule has 12 heavy (non-hydrogen) atoms. The number of fused-ring (bicyclic) bond motifs is 1. The number of alkyl halides is 1. The maximum absolute atomic E-state index is 5.82. The van der Waals surface area contributed by atoms with E-state index in [9.17, 15) is 0 Å². The fraction of sp³-hybridized carbons (Fsp3) is 1.00. The van der Waals surface area contributed by atoms with E-state index < -0.39 is 0 Å². The quantitative estimate of drug-likeness (QED) is 0.649. The fourth-order valence-electron chi connectivity index (χ4n) is 2.19. The molecule has 1 saturated heterocycles. The highest BCUT2D eigenvalue weighted by Crippen LogP contribution is 2.41. The van der Waals surface area contributed by atoms with Crippen molar-refractivity contribution in [3.63, 3.8) is 0 Å². The second-order valence-corrected chi connectivity index (χ2v) is 4.78. The highest BCUT2D eigenvalue weighted by molar-refractivity contribution is 9.09. The van der Waals surface area contributed by atoms with Crippen molar-refractivity contribution in [3.05, 3.63) is 0 Å². The molecule has 0 aromatic heterocycles. The van der Waals surface area contributed by atoms with Crippen molar-refractivity contribution >= 4 is 15.9 Å². The Kier molecular flexibility index (Phi) is 2.22. The summed E-state index contributed by atoms with van der Waals surface area (Å²) in [6, 6.07) is 0. The average Bonchev–Trinajstić information content (AvgIpc) is 2.42. The van der Waals surface area contributed by atoms with Crippen LogP contribution in [0, 0.1) is 5.92 Å². The minimum absolute atomic E-state index is 0.333. The van der Waals surface area contributed by atoms with E-state index >= 15 is 0 Å². The Bertz CT molecular complexity index is 181. The van der Waals surface area contributed by atoms with Crippen LogP contribution in [0.25, 0.3) is 0 Å². The smallest absolute Gasteiger partial charge is 0.163 e. The van der Waals surface area contributed by atoms with Gasteiger partial charge in [-0.2, -0.15) is 0 Å². The lowest BCUT2D eigenvalue weighted by atomic mass is 10.1. The lowest BCUT2D eigenvalue weighted by Gasteiger charge is -2.20. The third-order valence-electron chi connectivity index (χ3n) is 2.71. The van der Waals surface area contributed by atoms with Crippen LogP contribution >= 0.6 is 15.9 Å². The summed E-state index contributed by atoms with van der Waals surface area (Å²) in [6.45, 7) is 3.99. The van der Waals surface area contributed by atoms with Gasteiger partial charge < -0.3 is 9.47 Å². The zero-order valence-electron chi connectivity index (χ0n) is 7.55. The Morgan fingerprint density at radius 3 is 2.75 bits per heavy atom. The first-order chi connectivity index (χ1) is 5.62. The first-order valence-corrected chi connectivity index (χ1v) is 5.66. The maximum Gasteiger partial charge on any atom is 0.163 e. The van der Waals surface area contributed by atoms with Gasteiger partial charge in [-0.3, -0.25) is 0 Å². The van der Waals surface area contributed by atoms with Crippen molar-refractivity contribution in [1.29, 1.82) is 0 Å². The highest BCUT2D eigenvalue weighted by atomic mass is 79.9. The van der Waals surface area contributed by atoms with Crippen LogP contribution in [0.3, 0.4) is 0 Å². The van der Waals surface area contributed by atoms with Gasteiger partial charge in [0.15, 0.2) is 5.79 Å². The molecule has 0 aromatic rings. The number of ether oxygens (including phenoxy) is 2. The van der Waals surface area contributed by atoms with E-state index in [-0.39, 0.29) is 5.79 Å².